The van der Waals surface area contributed by atoms with E-state index in [2.05, 4.69) is 15.4 Å². The monoisotopic (exact) mass is 534 g/mol. The Morgan fingerprint density at radius 1 is 0.868 bits per heavy atom. The Balaban J connectivity index is 1.86. The standard InChI is InChI=1S/C24H30N4O10/c1-6-28-26-20(25-27-28)11-17-7-9-18(10-8-17)37-24-23(36-16(5)32)22(35-15(4)31)21(34-14(3)30)19(38-24)12-33-13(2)29/h7-10,19,21-24H,6,11-12H2,1-5H3. The van der Waals surface area contributed by atoms with E-state index in [0.717, 1.165) is 26.3 Å². The fraction of sp³-hybridized carbons (Fsp3) is 0.542. The van der Waals surface area contributed by atoms with E-state index in [1.807, 2.05) is 6.92 Å². The van der Waals surface area contributed by atoms with E-state index >= 15 is 0 Å². The number of aryl methyl sites for hydroxylation is 1. The molecule has 0 spiro atoms. The van der Waals surface area contributed by atoms with E-state index in [9.17, 15) is 19.2 Å². The van der Waals surface area contributed by atoms with Gasteiger partial charge in [0.05, 0.1) is 6.54 Å². The maximum atomic E-state index is 11.9. The van der Waals surface area contributed by atoms with Crippen LogP contribution in [0.25, 0.3) is 0 Å². The van der Waals surface area contributed by atoms with Gasteiger partial charge < -0.3 is 28.4 Å². The topological polar surface area (TPSA) is 167 Å². The number of nitrogens with zero attached hydrogens (tertiary/aromatic N) is 4. The molecule has 3 rings (SSSR count). The Morgan fingerprint density at radius 2 is 1.47 bits per heavy atom. The molecule has 0 amide bonds. The number of hydrogen-bond donors (Lipinski definition) is 0. The molecule has 1 aromatic carbocycles. The van der Waals surface area contributed by atoms with E-state index in [0.29, 0.717) is 24.5 Å². The van der Waals surface area contributed by atoms with Crippen molar-refractivity contribution in [1.29, 1.82) is 0 Å². The molecular formula is C24H30N4O10. The molecule has 14 heteroatoms. The van der Waals surface area contributed by atoms with Gasteiger partial charge in [0.1, 0.15) is 18.5 Å². The molecule has 2 heterocycles. The fourth-order valence-electron chi connectivity index (χ4n) is 3.77. The lowest BCUT2D eigenvalue weighted by molar-refractivity contribution is -0.288. The molecule has 1 saturated heterocycles. The van der Waals surface area contributed by atoms with Crippen LogP contribution in [0, 0.1) is 0 Å². The predicted molar refractivity (Wildman–Crippen MR) is 125 cm³/mol. The molecule has 0 N–H and O–H groups in total. The molecule has 0 aliphatic carbocycles. The van der Waals surface area contributed by atoms with Crippen LogP contribution in [0.3, 0.4) is 0 Å². The number of carbonyl (C=O) groups excluding carboxylic acids is 4. The molecule has 206 valence electrons. The summed E-state index contributed by atoms with van der Waals surface area (Å²) >= 11 is 0. The molecule has 1 fully saturated rings. The first kappa shape index (κ1) is 28.5. The summed E-state index contributed by atoms with van der Waals surface area (Å²) in [5, 5.41) is 12.2. The highest BCUT2D eigenvalue weighted by Crippen LogP contribution is 2.31. The second-order valence-electron chi connectivity index (χ2n) is 8.40. The average molecular weight is 535 g/mol. The number of hydrogen-bond acceptors (Lipinski definition) is 13. The molecule has 38 heavy (non-hydrogen) atoms. The fourth-order valence-corrected chi connectivity index (χ4v) is 3.77. The zero-order chi connectivity index (χ0) is 27.8. The van der Waals surface area contributed by atoms with E-state index in [1.54, 1.807) is 24.3 Å². The number of carbonyl (C=O) groups is 4. The third-order valence-electron chi connectivity index (χ3n) is 5.26. The first-order valence-corrected chi connectivity index (χ1v) is 11.9. The maximum absolute atomic E-state index is 11.9. The van der Waals surface area contributed by atoms with Crippen LogP contribution in [-0.4, -0.2) is 81.4 Å². The predicted octanol–water partition coefficient (Wildman–Crippen LogP) is 0.746. The van der Waals surface area contributed by atoms with Gasteiger partial charge in [-0.1, -0.05) is 12.1 Å². The summed E-state index contributed by atoms with van der Waals surface area (Å²) in [5.41, 5.74) is 0.884. The van der Waals surface area contributed by atoms with E-state index in [1.165, 1.54) is 11.7 Å². The third-order valence-corrected chi connectivity index (χ3v) is 5.26. The highest BCUT2D eigenvalue weighted by Gasteiger charge is 2.53. The number of rotatable bonds is 10. The number of benzene rings is 1. The van der Waals surface area contributed by atoms with Gasteiger partial charge >= 0.3 is 23.9 Å². The van der Waals surface area contributed by atoms with Gasteiger partial charge in [-0.25, -0.2) is 0 Å². The minimum Gasteiger partial charge on any atom is -0.463 e. The minimum absolute atomic E-state index is 0.333. The summed E-state index contributed by atoms with van der Waals surface area (Å²) < 4.78 is 33.1. The largest absolute Gasteiger partial charge is 0.463 e. The second kappa shape index (κ2) is 12.9. The van der Waals surface area contributed by atoms with Crippen LogP contribution in [-0.2, 0) is 55.8 Å². The Morgan fingerprint density at radius 3 is 2.03 bits per heavy atom. The third kappa shape index (κ3) is 7.96. The van der Waals surface area contributed by atoms with Gasteiger partial charge in [-0.05, 0) is 29.8 Å². The summed E-state index contributed by atoms with van der Waals surface area (Å²) in [6.07, 6.45) is -5.86. The molecule has 14 nitrogen and oxygen atoms in total. The summed E-state index contributed by atoms with van der Waals surface area (Å²) in [6, 6.07) is 6.89. The Labute approximate surface area is 218 Å². The number of esters is 4. The molecule has 0 bridgehead atoms. The first-order valence-electron chi connectivity index (χ1n) is 11.9. The second-order valence-corrected chi connectivity index (χ2v) is 8.40. The van der Waals surface area contributed by atoms with Crippen molar-refractivity contribution in [2.75, 3.05) is 6.61 Å². The lowest BCUT2D eigenvalue weighted by Crippen LogP contribution is -2.63. The Bertz CT molecular complexity index is 1140. The SMILES string of the molecule is CCn1nnc(Cc2ccc(OC3OC(COC(C)=O)C(OC(C)=O)C(OC(C)=O)C3OC(C)=O)cc2)n1. The zero-order valence-corrected chi connectivity index (χ0v) is 21.7. The van der Waals surface area contributed by atoms with Gasteiger partial charge in [0, 0.05) is 34.1 Å². The average Bonchev–Trinajstić information content (AvgIpc) is 3.29. The number of ether oxygens (including phenoxy) is 6. The summed E-state index contributed by atoms with van der Waals surface area (Å²) in [5.74, 6) is -1.88. The molecule has 1 aromatic heterocycles. The van der Waals surface area contributed by atoms with Crippen LogP contribution in [0.2, 0.25) is 0 Å². The lowest BCUT2D eigenvalue weighted by atomic mass is 9.98. The molecule has 5 atom stereocenters. The molecular weight excluding hydrogens is 504 g/mol. The van der Waals surface area contributed by atoms with Crippen molar-refractivity contribution < 1.29 is 47.6 Å². The maximum Gasteiger partial charge on any atom is 0.303 e. The molecule has 0 radical (unpaired) electrons. The zero-order valence-electron chi connectivity index (χ0n) is 21.7. The van der Waals surface area contributed by atoms with Crippen molar-refractivity contribution in [3.05, 3.63) is 35.7 Å². The van der Waals surface area contributed by atoms with Gasteiger partial charge in [-0.15, -0.1) is 10.2 Å². The van der Waals surface area contributed by atoms with Gasteiger partial charge in [0.2, 0.25) is 12.4 Å². The Hall–Kier alpha value is -4.07. The first-order chi connectivity index (χ1) is 18.0. The van der Waals surface area contributed by atoms with Crippen molar-refractivity contribution in [3.63, 3.8) is 0 Å². The number of aromatic nitrogens is 4. The highest BCUT2D eigenvalue weighted by molar-refractivity contribution is 5.68. The molecule has 2 aromatic rings. The van der Waals surface area contributed by atoms with Gasteiger partial charge in [0.25, 0.3) is 0 Å². The minimum atomic E-state index is -1.32. The van der Waals surface area contributed by atoms with Crippen molar-refractivity contribution in [1.82, 2.24) is 20.2 Å². The van der Waals surface area contributed by atoms with Crippen molar-refractivity contribution in [2.45, 2.75) is 78.3 Å². The van der Waals surface area contributed by atoms with Crippen molar-refractivity contribution >= 4 is 23.9 Å². The number of tetrazole rings is 1. The van der Waals surface area contributed by atoms with Crippen LogP contribution >= 0.6 is 0 Å². The van der Waals surface area contributed by atoms with Crippen LogP contribution in [0.4, 0.5) is 0 Å². The van der Waals surface area contributed by atoms with Gasteiger partial charge in [0.15, 0.2) is 18.0 Å². The normalized spacial score (nSPS) is 22.7. The van der Waals surface area contributed by atoms with Crippen LogP contribution in [0.1, 0.15) is 46.0 Å². The smallest absolute Gasteiger partial charge is 0.303 e. The van der Waals surface area contributed by atoms with Crippen LogP contribution < -0.4 is 4.74 Å². The molecule has 1 aliphatic rings. The summed E-state index contributed by atoms with van der Waals surface area (Å²) in [6.45, 7) is 6.82. The van der Waals surface area contributed by atoms with E-state index in [-0.39, 0.29) is 6.61 Å². The van der Waals surface area contributed by atoms with Crippen molar-refractivity contribution in [2.24, 2.45) is 0 Å². The summed E-state index contributed by atoms with van der Waals surface area (Å²) in [7, 11) is 0. The van der Waals surface area contributed by atoms with Gasteiger partial charge in [-0.3, -0.25) is 19.2 Å². The highest BCUT2D eigenvalue weighted by atomic mass is 16.7. The molecule has 5 unspecified atom stereocenters. The molecule has 0 saturated carbocycles. The van der Waals surface area contributed by atoms with Crippen molar-refractivity contribution in [3.8, 4) is 5.75 Å². The Kier molecular flexibility index (Phi) is 9.71. The van der Waals surface area contributed by atoms with Gasteiger partial charge in [-0.2, -0.15) is 4.80 Å². The van der Waals surface area contributed by atoms with Crippen LogP contribution in [0.5, 0.6) is 5.75 Å². The van der Waals surface area contributed by atoms with E-state index < -0.39 is 54.6 Å². The van der Waals surface area contributed by atoms with Crippen LogP contribution in [0.15, 0.2) is 24.3 Å². The molecule has 1 aliphatic heterocycles. The lowest BCUT2D eigenvalue weighted by Gasteiger charge is -2.43. The quantitative estimate of drug-likeness (QED) is 0.309. The van der Waals surface area contributed by atoms with E-state index in [4.69, 9.17) is 28.4 Å². The summed E-state index contributed by atoms with van der Waals surface area (Å²) in [4.78, 5) is 48.6.